The van der Waals surface area contributed by atoms with Gasteiger partial charge in [-0.1, -0.05) is 35.6 Å². The fraction of sp³-hybridized carbons (Fsp3) is 0.259. The molecule has 0 atom stereocenters. The van der Waals surface area contributed by atoms with E-state index >= 15 is 0 Å². The Bertz CT molecular complexity index is 1410. The SMILES string of the molecule is N/C(=C\C=C(/N)NC(=O)Cc1cccc(OC(F)(F)F)c1)CCCCc1nnc(NC(=O)Cc2cccc(F)c2)s1. The maximum absolute atomic E-state index is 13.3. The van der Waals surface area contributed by atoms with Crippen LogP contribution in [0.25, 0.3) is 0 Å². The van der Waals surface area contributed by atoms with Crippen molar-refractivity contribution in [1.29, 1.82) is 0 Å². The zero-order valence-corrected chi connectivity index (χ0v) is 22.5. The molecule has 3 aromatic rings. The Morgan fingerprint density at radius 2 is 1.66 bits per heavy atom. The standard InChI is InChI=1S/C27H28F4N6O3S/c28-19-7-3-5-17(13-19)15-24(39)35-26-37-36-25(41-26)10-2-1-8-20(32)11-12-22(33)34-23(38)16-18-6-4-9-21(14-18)40-27(29,30)31/h3-7,9,11-14H,1-2,8,10,15-16,32-33H2,(H,34,38)(H,35,37,39)/b20-11-,22-12+. The topological polar surface area (TPSA) is 145 Å². The second kappa shape index (κ2) is 14.8. The molecule has 0 aliphatic rings. The number of anilines is 1. The zero-order valence-electron chi connectivity index (χ0n) is 21.7. The van der Waals surface area contributed by atoms with Gasteiger partial charge in [-0.3, -0.25) is 9.59 Å². The monoisotopic (exact) mass is 592 g/mol. The first-order valence-corrected chi connectivity index (χ1v) is 13.2. The summed E-state index contributed by atoms with van der Waals surface area (Å²) < 4.78 is 54.2. The lowest BCUT2D eigenvalue weighted by molar-refractivity contribution is -0.274. The number of aromatic nitrogens is 2. The maximum atomic E-state index is 13.3. The summed E-state index contributed by atoms with van der Waals surface area (Å²) in [6.45, 7) is 0. The first kappa shape index (κ1) is 31.1. The Labute approximate surface area is 237 Å². The van der Waals surface area contributed by atoms with E-state index in [-0.39, 0.29) is 24.6 Å². The van der Waals surface area contributed by atoms with Crippen molar-refractivity contribution in [3.05, 3.63) is 94.2 Å². The third-order valence-electron chi connectivity index (χ3n) is 5.33. The number of halogens is 4. The van der Waals surface area contributed by atoms with E-state index in [4.69, 9.17) is 11.5 Å². The van der Waals surface area contributed by atoms with Gasteiger partial charge in [0, 0.05) is 12.1 Å². The van der Waals surface area contributed by atoms with Crippen LogP contribution in [0.3, 0.4) is 0 Å². The van der Waals surface area contributed by atoms with Gasteiger partial charge in [0.05, 0.1) is 12.8 Å². The molecule has 6 N–H and O–H groups in total. The summed E-state index contributed by atoms with van der Waals surface area (Å²) in [6.07, 6.45) is 0.669. The average Bonchev–Trinajstić information content (AvgIpc) is 3.31. The summed E-state index contributed by atoms with van der Waals surface area (Å²) in [5, 5.41) is 14.3. The molecule has 3 rings (SSSR count). The number of carbonyl (C=O) groups is 2. The van der Waals surface area contributed by atoms with Crippen LogP contribution in [0.15, 0.2) is 72.2 Å². The second-order valence-corrected chi connectivity index (χ2v) is 9.91. The molecule has 0 aliphatic carbocycles. The van der Waals surface area contributed by atoms with Gasteiger partial charge in [-0.05, 0) is 66.8 Å². The molecule has 218 valence electrons. The Morgan fingerprint density at radius 3 is 2.39 bits per heavy atom. The number of hydrogen-bond acceptors (Lipinski definition) is 8. The lowest BCUT2D eigenvalue weighted by Gasteiger charge is -2.10. The minimum atomic E-state index is -4.83. The molecule has 9 nitrogen and oxygen atoms in total. The number of unbranched alkanes of at least 4 members (excludes halogenated alkanes) is 1. The van der Waals surface area contributed by atoms with Crippen LogP contribution < -0.4 is 26.8 Å². The highest BCUT2D eigenvalue weighted by molar-refractivity contribution is 7.15. The molecule has 0 fully saturated rings. The summed E-state index contributed by atoms with van der Waals surface area (Å²) in [7, 11) is 0. The number of nitrogens with two attached hydrogens (primary N) is 2. The molecule has 2 aromatic carbocycles. The van der Waals surface area contributed by atoms with Crippen LogP contribution >= 0.6 is 11.3 Å². The van der Waals surface area contributed by atoms with E-state index in [9.17, 15) is 27.2 Å². The molecule has 41 heavy (non-hydrogen) atoms. The molecule has 2 amide bonds. The fourth-order valence-electron chi connectivity index (χ4n) is 3.57. The van der Waals surface area contributed by atoms with E-state index in [1.165, 1.54) is 41.7 Å². The quantitative estimate of drug-likeness (QED) is 0.130. The van der Waals surface area contributed by atoms with Gasteiger partial charge in [0.25, 0.3) is 0 Å². The number of ether oxygens (including phenoxy) is 1. The number of aryl methyl sites for hydroxylation is 1. The fourth-order valence-corrected chi connectivity index (χ4v) is 4.37. The van der Waals surface area contributed by atoms with E-state index in [1.54, 1.807) is 18.2 Å². The van der Waals surface area contributed by atoms with Crippen molar-refractivity contribution in [2.24, 2.45) is 11.5 Å². The molecular weight excluding hydrogens is 564 g/mol. The van der Waals surface area contributed by atoms with Crippen LogP contribution in [0, 0.1) is 5.82 Å². The van der Waals surface area contributed by atoms with Gasteiger partial charge in [-0.2, -0.15) is 0 Å². The van der Waals surface area contributed by atoms with Gasteiger partial charge >= 0.3 is 6.36 Å². The van der Waals surface area contributed by atoms with E-state index in [1.807, 2.05) is 0 Å². The third-order valence-corrected chi connectivity index (χ3v) is 6.23. The molecule has 0 spiro atoms. The van der Waals surface area contributed by atoms with Gasteiger partial charge in [0.2, 0.25) is 16.9 Å². The van der Waals surface area contributed by atoms with Crippen molar-refractivity contribution >= 4 is 28.3 Å². The molecule has 1 heterocycles. The lowest BCUT2D eigenvalue weighted by atomic mass is 10.1. The summed E-state index contributed by atoms with van der Waals surface area (Å²) in [5.41, 5.74) is 13.2. The molecule has 0 aliphatic heterocycles. The molecule has 0 bridgehead atoms. The first-order chi connectivity index (χ1) is 19.4. The molecule has 0 saturated heterocycles. The van der Waals surface area contributed by atoms with E-state index < -0.39 is 23.8 Å². The summed E-state index contributed by atoms with van der Waals surface area (Å²) in [6, 6.07) is 10.9. The normalized spacial score (nSPS) is 12.2. The number of allylic oxidation sites excluding steroid dienone is 3. The van der Waals surface area contributed by atoms with Crippen LogP contribution in [0.5, 0.6) is 5.75 Å². The number of carbonyl (C=O) groups excluding carboxylic acids is 2. The molecule has 14 heteroatoms. The molecule has 1 aromatic heterocycles. The number of benzene rings is 2. The number of nitrogens with one attached hydrogen (secondary N) is 2. The van der Waals surface area contributed by atoms with Gasteiger partial charge in [-0.15, -0.1) is 23.4 Å². The van der Waals surface area contributed by atoms with E-state index in [0.717, 1.165) is 30.0 Å². The predicted octanol–water partition coefficient (Wildman–Crippen LogP) is 4.47. The minimum absolute atomic E-state index is 0.0234. The van der Waals surface area contributed by atoms with Crippen molar-refractivity contribution in [2.45, 2.75) is 44.9 Å². The Kier molecular flexibility index (Phi) is 11.2. The van der Waals surface area contributed by atoms with Gasteiger partial charge in [-0.25, -0.2) is 4.39 Å². The highest BCUT2D eigenvalue weighted by Crippen LogP contribution is 2.23. The van der Waals surface area contributed by atoms with Crippen LogP contribution in [0.4, 0.5) is 22.7 Å². The highest BCUT2D eigenvalue weighted by Gasteiger charge is 2.31. The van der Waals surface area contributed by atoms with Gasteiger partial charge in [0.1, 0.15) is 22.4 Å². The minimum Gasteiger partial charge on any atom is -0.406 e. The van der Waals surface area contributed by atoms with Gasteiger partial charge < -0.3 is 26.8 Å². The molecule has 0 unspecified atom stereocenters. The van der Waals surface area contributed by atoms with Gasteiger partial charge in [0.15, 0.2) is 0 Å². The number of amides is 2. The van der Waals surface area contributed by atoms with Crippen molar-refractivity contribution < 1.29 is 31.9 Å². The smallest absolute Gasteiger partial charge is 0.406 e. The second-order valence-electron chi connectivity index (χ2n) is 8.85. The van der Waals surface area contributed by atoms with Crippen molar-refractivity contribution in [2.75, 3.05) is 5.32 Å². The van der Waals surface area contributed by atoms with Crippen LogP contribution in [0.1, 0.15) is 35.4 Å². The number of rotatable bonds is 13. The number of alkyl halides is 3. The third kappa shape index (κ3) is 12.1. The van der Waals surface area contributed by atoms with E-state index in [2.05, 4.69) is 25.6 Å². The van der Waals surface area contributed by atoms with Crippen molar-refractivity contribution in [3.8, 4) is 5.75 Å². The van der Waals surface area contributed by atoms with Crippen LogP contribution in [-0.2, 0) is 28.9 Å². The molecule has 0 radical (unpaired) electrons. The van der Waals surface area contributed by atoms with Crippen molar-refractivity contribution in [3.63, 3.8) is 0 Å². The first-order valence-electron chi connectivity index (χ1n) is 12.4. The average molecular weight is 593 g/mol. The zero-order chi connectivity index (χ0) is 29.8. The largest absolute Gasteiger partial charge is 0.573 e. The lowest BCUT2D eigenvalue weighted by Crippen LogP contribution is -2.28. The van der Waals surface area contributed by atoms with Crippen LogP contribution in [0.2, 0.25) is 0 Å². The summed E-state index contributed by atoms with van der Waals surface area (Å²) >= 11 is 1.26. The Hall–Kier alpha value is -4.46. The summed E-state index contributed by atoms with van der Waals surface area (Å²) in [4.78, 5) is 24.3. The molecular formula is C27H28F4N6O3S. The van der Waals surface area contributed by atoms with Crippen LogP contribution in [-0.4, -0.2) is 28.4 Å². The molecule has 0 saturated carbocycles. The van der Waals surface area contributed by atoms with E-state index in [0.29, 0.717) is 34.8 Å². The predicted molar refractivity (Wildman–Crippen MR) is 146 cm³/mol. The highest BCUT2D eigenvalue weighted by atomic mass is 32.1. The Morgan fingerprint density at radius 1 is 0.951 bits per heavy atom. The number of nitrogens with zero attached hydrogens (tertiary/aromatic N) is 2. The summed E-state index contributed by atoms with van der Waals surface area (Å²) in [5.74, 6) is -1.63. The maximum Gasteiger partial charge on any atom is 0.573 e. The Balaban J connectivity index is 1.36. The number of hydrogen-bond donors (Lipinski definition) is 4. The van der Waals surface area contributed by atoms with Crippen molar-refractivity contribution in [1.82, 2.24) is 15.5 Å².